The summed E-state index contributed by atoms with van der Waals surface area (Å²) >= 11 is 0. The molecule has 7 nitrogen and oxygen atoms in total. The number of nitrogens with one attached hydrogen (secondary N) is 2. The van der Waals surface area contributed by atoms with E-state index in [1.165, 1.54) is 0 Å². The van der Waals surface area contributed by atoms with Gasteiger partial charge >= 0.3 is 0 Å². The van der Waals surface area contributed by atoms with Crippen molar-refractivity contribution < 1.29 is 0 Å². The highest BCUT2D eigenvalue weighted by atomic mass is 15.4. The van der Waals surface area contributed by atoms with E-state index in [1.54, 1.807) is 10.9 Å². The van der Waals surface area contributed by atoms with Gasteiger partial charge in [0.2, 0.25) is 5.96 Å². The summed E-state index contributed by atoms with van der Waals surface area (Å²) in [7, 11) is 0. The van der Waals surface area contributed by atoms with Crippen LogP contribution in [-0.4, -0.2) is 34.0 Å². The van der Waals surface area contributed by atoms with Gasteiger partial charge in [0.1, 0.15) is 0 Å². The predicted octanol–water partition coefficient (Wildman–Crippen LogP) is -0.903. The molecule has 0 aliphatic heterocycles. The van der Waals surface area contributed by atoms with Gasteiger partial charge in [-0.05, 0) is 13.3 Å². The highest BCUT2D eigenvalue weighted by Gasteiger charge is 1.93. The number of aliphatic imine (C=N–C) groups is 1. The minimum absolute atomic E-state index is 0.621. The molecule has 1 aromatic heterocycles. The average Bonchev–Trinajstić information content (AvgIpc) is 2.75. The van der Waals surface area contributed by atoms with Crippen LogP contribution in [0.4, 0.5) is 0 Å². The number of nitrogens with two attached hydrogens (primary N) is 1. The zero-order chi connectivity index (χ0) is 10.9. The van der Waals surface area contributed by atoms with Gasteiger partial charge in [0, 0.05) is 25.8 Å². The molecule has 1 rings (SSSR count). The maximum absolute atomic E-state index is 5.26. The number of aromatic nitrogens is 3. The lowest BCUT2D eigenvalue weighted by atomic mass is 10.4. The van der Waals surface area contributed by atoms with Crippen molar-refractivity contribution >= 4 is 5.96 Å². The lowest BCUT2D eigenvalue weighted by molar-refractivity contribution is 0.563. The van der Waals surface area contributed by atoms with Crippen LogP contribution in [0.3, 0.4) is 0 Å². The van der Waals surface area contributed by atoms with Gasteiger partial charge < -0.3 is 5.32 Å². The van der Waals surface area contributed by atoms with Crippen LogP contribution in [0.5, 0.6) is 0 Å². The van der Waals surface area contributed by atoms with Crippen LogP contribution in [-0.2, 0) is 6.54 Å². The Morgan fingerprint density at radius 1 is 1.60 bits per heavy atom. The topological polar surface area (TPSA) is 93.1 Å². The molecule has 84 valence electrons. The summed E-state index contributed by atoms with van der Waals surface area (Å²) in [5.74, 6) is 5.89. The van der Waals surface area contributed by atoms with Gasteiger partial charge in [-0.1, -0.05) is 5.21 Å². The monoisotopic (exact) mass is 211 g/mol. The number of hydrogen-bond donors (Lipinski definition) is 3. The van der Waals surface area contributed by atoms with Crippen molar-refractivity contribution in [2.75, 3.05) is 13.1 Å². The first-order valence-corrected chi connectivity index (χ1v) is 4.96. The van der Waals surface area contributed by atoms with E-state index >= 15 is 0 Å². The van der Waals surface area contributed by atoms with Crippen molar-refractivity contribution in [1.82, 2.24) is 25.7 Å². The van der Waals surface area contributed by atoms with E-state index in [1.807, 2.05) is 13.1 Å². The van der Waals surface area contributed by atoms with Gasteiger partial charge in [-0.2, -0.15) is 0 Å². The van der Waals surface area contributed by atoms with Crippen LogP contribution in [0, 0.1) is 0 Å². The number of aryl methyl sites for hydroxylation is 1. The molecular weight excluding hydrogens is 194 g/mol. The van der Waals surface area contributed by atoms with E-state index in [2.05, 4.69) is 26.0 Å². The molecule has 0 spiro atoms. The standard InChI is InChI=1S/C8H17N7/c1-2-10-8(13-9)11-4-3-6-15-7-5-12-14-15/h5,7H,2-4,6,9H2,1H3,(H2,10,11,13). The Morgan fingerprint density at radius 2 is 2.47 bits per heavy atom. The molecule has 0 fully saturated rings. The smallest absolute Gasteiger partial charge is 0.205 e. The lowest BCUT2D eigenvalue weighted by Gasteiger charge is -2.06. The lowest BCUT2D eigenvalue weighted by Crippen LogP contribution is -2.41. The van der Waals surface area contributed by atoms with Gasteiger partial charge in [0.15, 0.2) is 0 Å². The van der Waals surface area contributed by atoms with Crippen molar-refractivity contribution in [2.45, 2.75) is 19.9 Å². The summed E-state index contributed by atoms with van der Waals surface area (Å²) in [6.45, 7) is 4.30. The summed E-state index contributed by atoms with van der Waals surface area (Å²) < 4.78 is 1.78. The molecule has 0 aliphatic rings. The van der Waals surface area contributed by atoms with Crippen molar-refractivity contribution in [3.63, 3.8) is 0 Å². The molecule has 0 aliphatic carbocycles. The molecule has 0 saturated carbocycles. The van der Waals surface area contributed by atoms with Gasteiger partial charge in [-0.25, -0.2) is 5.84 Å². The van der Waals surface area contributed by atoms with Crippen LogP contribution in [0.15, 0.2) is 17.4 Å². The normalized spacial score (nSPS) is 11.5. The van der Waals surface area contributed by atoms with Crippen LogP contribution in [0.2, 0.25) is 0 Å². The van der Waals surface area contributed by atoms with E-state index in [-0.39, 0.29) is 0 Å². The molecule has 0 saturated heterocycles. The summed E-state index contributed by atoms with van der Waals surface area (Å²) in [5, 5.41) is 10.6. The molecule has 7 heteroatoms. The van der Waals surface area contributed by atoms with E-state index in [4.69, 9.17) is 5.84 Å². The van der Waals surface area contributed by atoms with Crippen molar-refractivity contribution in [1.29, 1.82) is 0 Å². The van der Waals surface area contributed by atoms with Crippen LogP contribution >= 0.6 is 0 Å². The Labute approximate surface area is 88.7 Å². The molecule has 0 aromatic carbocycles. The fourth-order valence-corrected chi connectivity index (χ4v) is 1.10. The first-order chi connectivity index (χ1) is 7.36. The zero-order valence-corrected chi connectivity index (χ0v) is 8.85. The minimum Gasteiger partial charge on any atom is -0.356 e. The molecule has 0 unspecified atom stereocenters. The van der Waals surface area contributed by atoms with E-state index < -0.39 is 0 Å². The Morgan fingerprint density at radius 3 is 3.07 bits per heavy atom. The van der Waals surface area contributed by atoms with E-state index in [0.29, 0.717) is 12.5 Å². The van der Waals surface area contributed by atoms with Crippen LogP contribution in [0.25, 0.3) is 0 Å². The average molecular weight is 211 g/mol. The highest BCUT2D eigenvalue weighted by molar-refractivity contribution is 5.78. The second kappa shape index (κ2) is 6.77. The molecule has 0 bridgehead atoms. The number of guanidine groups is 1. The fourth-order valence-electron chi connectivity index (χ4n) is 1.10. The molecule has 1 heterocycles. The largest absolute Gasteiger partial charge is 0.356 e. The van der Waals surface area contributed by atoms with Gasteiger partial charge in [-0.3, -0.25) is 15.1 Å². The Hall–Kier alpha value is -1.63. The maximum atomic E-state index is 5.26. The molecule has 0 radical (unpaired) electrons. The predicted molar refractivity (Wildman–Crippen MR) is 57.9 cm³/mol. The Bertz CT molecular complexity index is 279. The highest BCUT2D eigenvalue weighted by Crippen LogP contribution is 1.88. The number of hydrazine groups is 1. The number of nitrogens with zero attached hydrogens (tertiary/aromatic N) is 4. The zero-order valence-electron chi connectivity index (χ0n) is 8.85. The van der Waals surface area contributed by atoms with Crippen molar-refractivity contribution in [3.05, 3.63) is 12.4 Å². The Balaban J connectivity index is 2.19. The maximum Gasteiger partial charge on any atom is 0.205 e. The molecule has 15 heavy (non-hydrogen) atoms. The van der Waals surface area contributed by atoms with Crippen molar-refractivity contribution in [2.24, 2.45) is 10.8 Å². The third kappa shape index (κ3) is 4.41. The summed E-state index contributed by atoms with van der Waals surface area (Å²) in [4.78, 5) is 4.24. The summed E-state index contributed by atoms with van der Waals surface area (Å²) in [6, 6.07) is 0. The first kappa shape index (κ1) is 11.4. The Kier molecular flexibility index (Phi) is 5.16. The van der Waals surface area contributed by atoms with Gasteiger partial charge in [0.25, 0.3) is 0 Å². The SMILES string of the molecule is CCNC(=NCCCn1ccnn1)NN. The van der Waals surface area contributed by atoms with Crippen LogP contribution in [0.1, 0.15) is 13.3 Å². The second-order valence-corrected chi connectivity index (χ2v) is 2.92. The summed E-state index contributed by atoms with van der Waals surface area (Å²) in [6.07, 6.45) is 4.39. The fraction of sp³-hybridized carbons (Fsp3) is 0.625. The molecule has 0 amide bonds. The molecule has 0 atom stereocenters. The molecule has 1 aromatic rings. The molecule has 4 N–H and O–H groups in total. The first-order valence-electron chi connectivity index (χ1n) is 4.96. The quantitative estimate of drug-likeness (QED) is 0.193. The van der Waals surface area contributed by atoms with Crippen LogP contribution < -0.4 is 16.6 Å². The minimum atomic E-state index is 0.621. The van der Waals surface area contributed by atoms with E-state index in [9.17, 15) is 0 Å². The van der Waals surface area contributed by atoms with Gasteiger partial charge in [-0.15, -0.1) is 5.10 Å². The number of hydrogen-bond acceptors (Lipinski definition) is 4. The third-order valence-electron chi connectivity index (χ3n) is 1.77. The third-order valence-corrected chi connectivity index (χ3v) is 1.77. The summed E-state index contributed by atoms with van der Waals surface area (Å²) in [5.41, 5.74) is 2.50. The molecular formula is C8H17N7. The van der Waals surface area contributed by atoms with Crippen molar-refractivity contribution in [3.8, 4) is 0 Å². The second-order valence-electron chi connectivity index (χ2n) is 2.92. The van der Waals surface area contributed by atoms with E-state index in [0.717, 1.165) is 19.5 Å². The van der Waals surface area contributed by atoms with Gasteiger partial charge in [0.05, 0.1) is 6.20 Å². The number of rotatable bonds is 5.